The van der Waals surface area contributed by atoms with Crippen molar-refractivity contribution in [3.63, 3.8) is 0 Å². The second-order valence-electron chi connectivity index (χ2n) is 4.42. The lowest BCUT2D eigenvalue weighted by atomic mass is 10.2. The summed E-state index contributed by atoms with van der Waals surface area (Å²) in [6.07, 6.45) is 1.66. The Morgan fingerprint density at radius 1 is 1.05 bits per heavy atom. The molecule has 0 atom stereocenters. The highest BCUT2D eigenvalue weighted by molar-refractivity contribution is 7.80. The van der Waals surface area contributed by atoms with Gasteiger partial charge < -0.3 is 5.32 Å². The van der Waals surface area contributed by atoms with Crippen LogP contribution in [-0.4, -0.2) is 10.9 Å². The largest absolute Gasteiger partial charge is 0.321 e. The molecule has 1 heterocycles. The minimum atomic E-state index is -0.157. The summed E-state index contributed by atoms with van der Waals surface area (Å²) >= 11 is 4.20. The van der Waals surface area contributed by atoms with Crippen molar-refractivity contribution in [1.82, 2.24) is 4.98 Å². The van der Waals surface area contributed by atoms with Gasteiger partial charge in [-0.25, -0.2) is 0 Å². The van der Waals surface area contributed by atoms with E-state index < -0.39 is 0 Å². The van der Waals surface area contributed by atoms with Gasteiger partial charge in [0.15, 0.2) is 0 Å². The van der Waals surface area contributed by atoms with Crippen molar-refractivity contribution < 1.29 is 4.79 Å². The van der Waals surface area contributed by atoms with Crippen LogP contribution < -0.4 is 5.32 Å². The number of benzene rings is 2. The molecule has 1 N–H and O–H groups in total. The molecular formula is C16H12N2OS. The van der Waals surface area contributed by atoms with Crippen LogP contribution in [0.25, 0.3) is 10.9 Å². The lowest BCUT2D eigenvalue weighted by molar-refractivity contribution is 0.102. The van der Waals surface area contributed by atoms with E-state index >= 15 is 0 Å². The van der Waals surface area contributed by atoms with Crippen molar-refractivity contribution in [2.45, 2.75) is 4.90 Å². The minimum absolute atomic E-state index is 0.157. The average Bonchev–Trinajstić information content (AvgIpc) is 2.48. The number of carbonyl (C=O) groups excluding carboxylic acids is 1. The number of amides is 1. The fraction of sp³-hybridized carbons (Fsp3) is 0. The number of fused-ring (bicyclic) bond motifs is 1. The third-order valence-corrected chi connectivity index (χ3v) is 3.28. The number of carbonyl (C=O) groups is 1. The summed E-state index contributed by atoms with van der Waals surface area (Å²) in [6.45, 7) is 0. The van der Waals surface area contributed by atoms with Crippen LogP contribution in [0.3, 0.4) is 0 Å². The minimum Gasteiger partial charge on any atom is -0.321 e. The van der Waals surface area contributed by atoms with Crippen LogP contribution in [0.15, 0.2) is 65.7 Å². The van der Waals surface area contributed by atoms with E-state index in [4.69, 9.17) is 0 Å². The van der Waals surface area contributed by atoms with Crippen molar-refractivity contribution in [2.24, 2.45) is 0 Å². The first-order valence-corrected chi connectivity index (χ1v) is 6.62. The van der Waals surface area contributed by atoms with Crippen LogP contribution in [0.1, 0.15) is 10.4 Å². The molecule has 1 aromatic heterocycles. The van der Waals surface area contributed by atoms with E-state index in [1.807, 2.05) is 30.3 Å². The number of nitrogens with one attached hydrogen (secondary N) is 1. The quantitative estimate of drug-likeness (QED) is 0.702. The number of hydrogen-bond acceptors (Lipinski definition) is 3. The van der Waals surface area contributed by atoms with Crippen LogP contribution in [0.4, 0.5) is 5.69 Å². The Kier molecular flexibility index (Phi) is 3.39. The number of aromatic nitrogens is 1. The molecule has 1 amide bonds. The summed E-state index contributed by atoms with van der Waals surface area (Å²) in [4.78, 5) is 17.2. The van der Waals surface area contributed by atoms with Gasteiger partial charge in [-0.15, -0.1) is 12.6 Å². The fourth-order valence-electron chi connectivity index (χ4n) is 1.96. The molecule has 0 unspecified atom stereocenters. The van der Waals surface area contributed by atoms with Gasteiger partial charge in [0, 0.05) is 15.8 Å². The van der Waals surface area contributed by atoms with Crippen LogP contribution in [0, 0.1) is 0 Å². The van der Waals surface area contributed by atoms with E-state index in [9.17, 15) is 4.79 Å². The summed E-state index contributed by atoms with van der Waals surface area (Å²) in [7, 11) is 0. The Morgan fingerprint density at radius 2 is 1.80 bits per heavy atom. The first kappa shape index (κ1) is 12.7. The van der Waals surface area contributed by atoms with Gasteiger partial charge in [-0.05, 0) is 36.4 Å². The van der Waals surface area contributed by atoms with E-state index in [1.165, 1.54) is 0 Å². The summed E-state index contributed by atoms with van der Waals surface area (Å²) in [5, 5.41) is 3.84. The van der Waals surface area contributed by atoms with Gasteiger partial charge >= 0.3 is 0 Å². The van der Waals surface area contributed by atoms with Gasteiger partial charge in [0.2, 0.25) is 0 Å². The van der Waals surface area contributed by atoms with Gasteiger partial charge in [-0.3, -0.25) is 9.78 Å². The second-order valence-corrected chi connectivity index (χ2v) is 4.93. The van der Waals surface area contributed by atoms with Gasteiger partial charge in [0.05, 0.1) is 17.4 Å². The Bertz CT molecular complexity index is 769. The van der Waals surface area contributed by atoms with Crippen LogP contribution in [0.2, 0.25) is 0 Å². The van der Waals surface area contributed by atoms with E-state index in [-0.39, 0.29) is 5.91 Å². The molecule has 2 aromatic carbocycles. The van der Waals surface area contributed by atoms with Gasteiger partial charge in [-0.2, -0.15) is 0 Å². The molecule has 0 aliphatic rings. The van der Waals surface area contributed by atoms with Gasteiger partial charge in [-0.1, -0.05) is 18.2 Å². The lowest BCUT2D eigenvalue weighted by Crippen LogP contribution is -2.11. The first-order valence-electron chi connectivity index (χ1n) is 6.17. The highest BCUT2D eigenvalue weighted by Gasteiger charge is 2.06. The third-order valence-electron chi connectivity index (χ3n) is 2.98. The molecule has 98 valence electrons. The van der Waals surface area contributed by atoms with E-state index in [2.05, 4.69) is 22.9 Å². The van der Waals surface area contributed by atoms with Crippen molar-refractivity contribution in [1.29, 1.82) is 0 Å². The maximum Gasteiger partial charge on any atom is 0.255 e. The normalized spacial score (nSPS) is 10.4. The van der Waals surface area contributed by atoms with Crippen molar-refractivity contribution in [3.05, 3.63) is 66.4 Å². The van der Waals surface area contributed by atoms with E-state index in [0.29, 0.717) is 11.3 Å². The smallest absolute Gasteiger partial charge is 0.255 e. The fourth-order valence-corrected chi connectivity index (χ4v) is 2.10. The van der Waals surface area contributed by atoms with E-state index in [0.717, 1.165) is 15.8 Å². The first-order chi connectivity index (χ1) is 9.72. The maximum atomic E-state index is 12.1. The molecule has 3 rings (SSSR count). The second kappa shape index (κ2) is 5.35. The number of para-hydroxylation sites is 1. The number of nitrogens with zero attached hydrogens (tertiary/aromatic N) is 1. The topological polar surface area (TPSA) is 42.0 Å². The Balaban J connectivity index is 1.85. The molecule has 3 aromatic rings. The summed E-state index contributed by atoms with van der Waals surface area (Å²) < 4.78 is 0. The molecule has 0 spiro atoms. The zero-order valence-electron chi connectivity index (χ0n) is 10.6. The Labute approximate surface area is 122 Å². The monoisotopic (exact) mass is 280 g/mol. The third kappa shape index (κ3) is 2.65. The molecular weight excluding hydrogens is 268 g/mol. The summed E-state index contributed by atoms with van der Waals surface area (Å²) in [5.41, 5.74) is 2.18. The van der Waals surface area contributed by atoms with Crippen LogP contribution in [-0.2, 0) is 0 Å². The molecule has 0 saturated heterocycles. The number of pyridine rings is 1. The summed E-state index contributed by atoms with van der Waals surface area (Å²) in [5.74, 6) is -0.157. The highest BCUT2D eigenvalue weighted by Crippen LogP contribution is 2.17. The zero-order chi connectivity index (χ0) is 13.9. The SMILES string of the molecule is O=C(Nc1cnc2ccccc2c1)c1ccc(S)cc1. The average molecular weight is 280 g/mol. The number of hydrogen-bond donors (Lipinski definition) is 2. The standard InChI is InChI=1S/C16H12N2OS/c19-16(11-5-7-14(20)8-6-11)18-13-9-12-3-1-2-4-15(12)17-10-13/h1-10,20H,(H,18,19). The molecule has 20 heavy (non-hydrogen) atoms. The molecule has 3 nitrogen and oxygen atoms in total. The molecule has 0 bridgehead atoms. The number of rotatable bonds is 2. The van der Waals surface area contributed by atoms with Crippen molar-refractivity contribution in [2.75, 3.05) is 5.32 Å². The predicted octanol–water partition coefficient (Wildman–Crippen LogP) is 3.78. The predicted molar refractivity (Wildman–Crippen MR) is 83.4 cm³/mol. The molecule has 4 heteroatoms. The highest BCUT2D eigenvalue weighted by atomic mass is 32.1. The zero-order valence-corrected chi connectivity index (χ0v) is 11.5. The van der Waals surface area contributed by atoms with Gasteiger partial charge in [0.25, 0.3) is 5.91 Å². The molecule has 0 aliphatic carbocycles. The molecule has 0 aliphatic heterocycles. The Hall–Kier alpha value is -2.33. The van der Waals surface area contributed by atoms with Crippen LogP contribution in [0.5, 0.6) is 0 Å². The van der Waals surface area contributed by atoms with Gasteiger partial charge in [0.1, 0.15) is 0 Å². The summed E-state index contributed by atoms with van der Waals surface area (Å²) in [6, 6.07) is 16.8. The van der Waals surface area contributed by atoms with Crippen molar-refractivity contribution >= 4 is 35.1 Å². The van der Waals surface area contributed by atoms with Crippen molar-refractivity contribution in [3.8, 4) is 0 Å². The lowest BCUT2D eigenvalue weighted by Gasteiger charge is -2.06. The Morgan fingerprint density at radius 3 is 2.60 bits per heavy atom. The molecule has 0 radical (unpaired) electrons. The number of thiol groups is 1. The maximum absolute atomic E-state index is 12.1. The number of anilines is 1. The molecule has 0 fully saturated rings. The van der Waals surface area contributed by atoms with Crippen LogP contribution >= 0.6 is 12.6 Å². The van der Waals surface area contributed by atoms with E-state index in [1.54, 1.807) is 30.5 Å². The molecule has 0 saturated carbocycles.